The van der Waals surface area contributed by atoms with Crippen molar-refractivity contribution in [2.24, 2.45) is 17.3 Å². The summed E-state index contributed by atoms with van der Waals surface area (Å²) >= 11 is 0. The fourth-order valence-corrected chi connectivity index (χ4v) is 8.62. The Kier molecular flexibility index (Phi) is 9.25. The predicted molar refractivity (Wildman–Crippen MR) is 199 cm³/mol. The molecule has 4 fully saturated rings. The Morgan fingerprint density at radius 2 is 1.77 bits per heavy atom. The molecule has 2 unspecified atom stereocenters. The molecular formula is C41H46F2N6O4. The van der Waals surface area contributed by atoms with Crippen LogP contribution in [0, 0.1) is 48.2 Å². The number of methoxy groups -OCH3 is 1. The Balaban J connectivity index is 1.22. The number of anilines is 1. The van der Waals surface area contributed by atoms with Gasteiger partial charge < -0.3 is 24.0 Å². The number of hydrogen-bond donors (Lipinski definition) is 0. The minimum atomic E-state index is -0.673. The molecule has 2 saturated carbocycles. The molecule has 278 valence electrons. The molecule has 4 aromatic rings. The van der Waals surface area contributed by atoms with E-state index in [2.05, 4.69) is 15.7 Å². The van der Waals surface area contributed by atoms with E-state index in [0.29, 0.717) is 59.1 Å². The molecule has 10 nitrogen and oxygen atoms in total. The maximum atomic E-state index is 17.4. The van der Waals surface area contributed by atoms with Crippen molar-refractivity contribution in [1.82, 2.24) is 24.8 Å². The summed E-state index contributed by atoms with van der Waals surface area (Å²) in [6.45, 7) is 11.2. The lowest BCUT2D eigenvalue weighted by atomic mass is 9.94. The van der Waals surface area contributed by atoms with Crippen molar-refractivity contribution in [1.29, 1.82) is 0 Å². The molecule has 2 saturated heterocycles. The van der Waals surface area contributed by atoms with Crippen LogP contribution in [0.25, 0.3) is 32.9 Å². The van der Waals surface area contributed by atoms with Crippen LogP contribution in [0.4, 0.5) is 19.4 Å². The molecule has 2 aromatic carbocycles. The third-order valence-corrected chi connectivity index (χ3v) is 11.4. The lowest BCUT2D eigenvalue weighted by molar-refractivity contribution is 0.0765. The van der Waals surface area contributed by atoms with Gasteiger partial charge in [-0.3, -0.25) is 4.90 Å². The van der Waals surface area contributed by atoms with Gasteiger partial charge in [0.25, 0.3) is 0 Å². The quantitative estimate of drug-likeness (QED) is 0.170. The van der Waals surface area contributed by atoms with Gasteiger partial charge in [0.1, 0.15) is 28.2 Å². The number of fused-ring (bicyclic) bond motifs is 4. The fraction of sp³-hybridized carbons (Fsp3) is 0.512. The molecule has 8 rings (SSSR count). The van der Waals surface area contributed by atoms with Crippen LogP contribution in [0.5, 0.6) is 11.9 Å². The maximum Gasteiger partial charge on any atom is 0.409 e. The summed E-state index contributed by atoms with van der Waals surface area (Å²) in [4.78, 5) is 33.0. The van der Waals surface area contributed by atoms with Gasteiger partial charge in [0.15, 0.2) is 5.82 Å². The molecule has 12 heteroatoms. The summed E-state index contributed by atoms with van der Waals surface area (Å²) in [5.41, 5.74) is 1.18. The molecule has 2 aromatic heterocycles. The highest BCUT2D eigenvalue weighted by Gasteiger charge is 2.46. The van der Waals surface area contributed by atoms with Gasteiger partial charge in [-0.25, -0.2) is 18.6 Å². The van der Waals surface area contributed by atoms with Crippen LogP contribution >= 0.6 is 0 Å². The van der Waals surface area contributed by atoms with E-state index in [4.69, 9.17) is 35.6 Å². The first kappa shape index (κ1) is 35.3. The number of nitrogens with zero attached hydrogens (tertiary/aromatic N) is 6. The number of carbonyl (C=O) groups excluding carboxylic acids is 1. The van der Waals surface area contributed by atoms with Crippen LogP contribution in [-0.4, -0.2) is 96.5 Å². The van der Waals surface area contributed by atoms with Gasteiger partial charge in [-0.1, -0.05) is 18.1 Å². The Hall–Kier alpha value is -4.76. The van der Waals surface area contributed by atoms with E-state index in [1.165, 1.54) is 19.6 Å². The number of aromatic nitrogens is 3. The van der Waals surface area contributed by atoms with Crippen molar-refractivity contribution in [2.45, 2.75) is 59.0 Å². The third kappa shape index (κ3) is 6.80. The number of ether oxygens (including phenoxy) is 3. The number of carbonyl (C=O) groups is 1. The lowest BCUT2D eigenvalue weighted by Crippen LogP contribution is -2.50. The summed E-state index contributed by atoms with van der Waals surface area (Å²) in [7, 11) is 1.41. The maximum absolute atomic E-state index is 17.4. The highest BCUT2D eigenvalue weighted by molar-refractivity contribution is 6.03. The van der Waals surface area contributed by atoms with Crippen LogP contribution in [0.2, 0.25) is 0 Å². The second kappa shape index (κ2) is 13.9. The van der Waals surface area contributed by atoms with Gasteiger partial charge in [-0.15, -0.1) is 6.42 Å². The standard InChI is InChI=1S/C41H46F2N6O4/c1-6-29-31(42)10-9-28-17-25(4)18-30(32(28)29)35-34(43)36-33(38(44-35)53-24(2)3)37(49-20-26-7-8-27(19-26)21-49)46-39(45-36)52-23-41(11-12-41)22-47-13-15-48(16-14-47)40(50)51-5/h1,9-10,17-18,24,26-27H,7-8,11-16,19-23H2,2-5H3. The average molecular weight is 725 g/mol. The van der Waals surface area contributed by atoms with Crippen LogP contribution in [0.15, 0.2) is 24.3 Å². The summed E-state index contributed by atoms with van der Waals surface area (Å²) in [6.07, 6.45) is 10.7. The normalized spacial score (nSPS) is 20.9. The van der Waals surface area contributed by atoms with Crippen molar-refractivity contribution >= 4 is 33.6 Å². The molecule has 0 spiro atoms. The monoisotopic (exact) mass is 724 g/mol. The number of rotatable bonds is 9. The zero-order valence-corrected chi connectivity index (χ0v) is 30.9. The molecule has 4 heterocycles. The van der Waals surface area contributed by atoms with Crippen molar-refractivity contribution in [3.8, 4) is 35.5 Å². The largest absolute Gasteiger partial charge is 0.474 e. The third-order valence-electron chi connectivity index (χ3n) is 11.4. The minimum absolute atomic E-state index is 0.0250. The van der Waals surface area contributed by atoms with Gasteiger partial charge in [0.05, 0.1) is 25.4 Å². The van der Waals surface area contributed by atoms with Crippen LogP contribution < -0.4 is 14.4 Å². The number of piperazine rings is 1. The van der Waals surface area contributed by atoms with E-state index >= 15 is 8.78 Å². The molecule has 4 aliphatic rings. The first-order chi connectivity index (χ1) is 25.5. The van der Waals surface area contributed by atoms with E-state index in [0.717, 1.165) is 64.0 Å². The topological polar surface area (TPSA) is 93.2 Å². The van der Waals surface area contributed by atoms with E-state index < -0.39 is 11.6 Å². The fourth-order valence-electron chi connectivity index (χ4n) is 8.62. The van der Waals surface area contributed by atoms with Gasteiger partial charge >= 0.3 is 12.1 Å². The highest BCUT2D eigenvalue weighted by Crippen LogP contribution is 2.48. The molecule has 0 radical (unpaired) electrons. The van der Waals surface area contributed by atoms with Crippen molar-refractivity contribution < 1.29 is 27.8 Å². The van der Waals surface area contributed by atoms with Crippen molar-refractivity contribution in [3.63, 3.8) is 0 Å². The second-order valence-electron chi connectivity index (χ2n) is 15.7. The first-order valence-electron chi connectivity index (χ1n) is 18.8. The molecule has 0 N–H and O–H groups in total. The Morgan fingerprint density at radius 3 is 2.43 bits per heavy atom. The lowest BCUT2D eigenvalue weighted by Gasteiger charge is -2.35. The molecule has 1 amide bonds. The van der Waals surface area contributed by atoms with Gasteiger partial charge in [-0.2, -0.15) is 9.97 Å². The number of benzene rings is 2. The summed E-state index contributed by atoms with van der Waals surface area (Å²) in [5.74, 6) is 3.07. The zero-order valence-electron chi connectivity index (χ0n) is 30.9. The number of aryl methyl sites for hydroxylation is 1. The summed E-state index contributed by atoms with van der Waals surface area (Å²) in [6, 6.07) is 6.76. The second-order valence-corrected chi connectivity index (χ2v) is 15.7. The molecule has 2 atom stereocenters. The van der Waals surface area contributed by atoms with Gasteiger partial charge in [0.2, 0.25) is 5.88 Å². The SMILES string of the molecule is C#Cc1c(F)ccc2cc(C)cc(-c3nc(OC(C)C)c4c(N5CC6CCC(C6)C5)nc(OCC5(CN6CCN(C(=O)OC)CC6)CC5)nc4c3F)c12. The first-order valence-corrected chi connectivity index (χ1v) is 18.8. The number of amides is 1. The molecule has 53 heavy (non-hydrogen) atoms. The smallest absolute Gasteiger partial charge is 0.409 e. The molecule has 2 aliphatic carbocycles. The Bertz CT molecular complexity index is 2110. The van der Waals surface area contributed by atoms with E-state index in [1.807, 2.05) is 26.8 Å². The highest BCUT2D eigenvalue weighted by atomic mass is 19.1. The van der Waals surface area contributed by atoms with Crippen LogP contribution in [0.1, 0.15) is 57.1 Å². The van der Waals surface area contributed by atoms with E-state index in [9.17, 15) is 4.79 Å². The van der Waals surface area contributed by atoms with Crippen molar-refractivity contribution in [2.75, 3.05) is 64.4 Å². The molecule has 2 bridgehead atoms. The molecular weight excluding hydrogens is 678 g/mol. The molecule has 2 aliphatic heterocycles. The van der Waals surface area contributed by atoms with Crippen LogP contribution in [0.3, 0.4) is 0 Å². The Morgan fingerprint density at radius 1 is 1.04 bits per heavy atom. The summed E-state index contributed by atoms with van der Waals surface area (Å²) in [5, 5.41) is 1.49. The Labute approximate surface area is 308 Å². The van der Waals surface area contributed by atoms with E-state index in [-0.39, 0.29) is 46.3 Å². The van der Waals surface area contributed by atoms with E-state index in [1.54, 1.807) is 17.0 Å². The minimum Gasteiger partial charge on any atom is -0.474 e. The van der Waals surface area contributed by atoms with Gasteiger partial charge in [-0.05, 0) is 87.8 Å². The number of terminal acetylenes is 1. The van der Waals surface area contributed by atoms with Crippen LogP contribution in [-0.2, 0) is 4.74 Å². The number of halogens is 2. The van der Waals surface area contributed by atoms with Gasteiger partial charge in [0, 0.05) is 62.2 Å². The van der Waals surface area contributed by atoms with Crippen molar-refractivity contribution in [3.05, 3.63) is 47.0 Å². The average Bonchev–Trinajstić information content (AvgIpc) is 3.83. The number of hydrogen-bond acceptors (Lipinski definition) is 9. The zero-order chi connectivity index (χ0) is 37.0. The number of piperidine rings is 1. The summed E-state index contributed by atoms with van der Waals surface area (Å²) < 4.78 is 50.3. The number of pyridine rings is 1. The predicted octanol–water partition coefficient (Wildman–Crippen LogP) is 6.98.